The number of hydrogen-bond acceptors (Lipinski definition) is 7. The van der Waals surface area contributed by atoms with Crippen LogP contribution in [-0.4, -0.2) is 30.0 Å². The van der Waals surface area contributed by atoms with E-state index in [0.29, 0.717) is 33.5 Å². The Kier molecular flexibility index (Phi) is 6.43. The molecule has 3 aromatic rings. The van der Waals surface area contributed by atoms with Crippen molar-refractivity contribution in [2.45, 2.75) is 6.92 Å². The molecule has 1 aromatic heterocycles. The van der Waals surface area contributed by atoms with Crippen molar-refractivity contribution in [3.8, 4) is 22.8 Å². The minimum atomic E-state index is -0.424. The minimum Gasteiger partial charge on any atom is -0.493 e. The minimum absolute atomic E-state index is 0.0314. The lowest BCUT2D eigenvalue weighted by Gasteiger charge is -2.07. The van der Waals surface area contributed by atoms with Crippen LogP contribution in [0.25, 0.3) is 17.3 Å². The van der Waals surface area contributed by atoms with E-state index in [0.717, 1.165) is 5.56 Å². The molecule has 0 radical (unpaired) electrons. The van der Waals surface area contributed by atoms with Gasteiger partial charge in [0.05, 0.1) is 24.8 Å². The van der Waals surface area contributed by atoms with Crippen LogP contribution in [0.15, 0.2) is 47.9 Å². The maximum absolute atomic E-state index is 12.2. The number of carbonyl (C=O) groups is 1. The lowest BCUT2D eigenvalue weighted by molar-refractivity contribution is -0.385. The summed E-state index contributed by atoms with van der Waals surface area (Å²) in [4.78, 5) is 27.3. The lowest BCUT2D eigenvalue weighted by atomic mass is 10.1. The molecule has 0 saturated heterocycles. The highest BCUT2D eigenvalue weighted by molar-refractivity contribution is 7.14. The van der Waals surface area contributed by atoms with Crippen molar-refractivity contribution in [2.75, 3.05) is 19.5 Å². The van der Waals surface area contributed by atoms with Gasteiger partial charge >= 0.3 is 0 Å². The number of rotatable bonds is 7. The SMILES string of the molecule is COc1ccc(/C=C/C(=O)Nc2nc(-c3ccc(C)c([N+](=O)[O-])c3)cs2)cc1OC. The monoisotopic (exact) mass is 425 g/mol. The first kappa shape index (κ1) is 21.0. The van der Waals surface area contributed by atoms with Gasteiger partial charge in [-0.25, -0.2) is 4.98 Å². The number of anilines is 1. The number of aromatic nitrogens is 1. The molecule has 0 aliphatic heterocycles. The molecule has 154 valence electrons. The molecule has 1 N–H and O–H groups in total. The van der Waals surface area contributed by atoms with Crippen LogP contribution in [0.5, 0.6) is 11.5 Å². The van der Waals surface area contributed by atoms with Crippen molar-refractivity contribution in [2.24, 2.45) is 0 Å². The summed E-state index contributed by atoms with van der Waals surface area (Å²) in [6.45, 7) is 1.68. The third-order valence-electron chi connectivity index (χ3n) is 4.27. The van der Waals surface area contributed by atoms with Gasteiger partial charge in [0.15, 0.2) is 16.6 Å². The van der Waals surface area contributed by atoms with E-state index >= 15 is 0 Å². The second-order valence-electron chi connectivity index (χ2n) is 6.23. The number of nitrogens with one attached hydrogen (secondary N) is 1. The van der Waals surface area contributed by atoms with Crippen molar-refractivity contribution >= 4 is 34.1 Å². The van der Waals surface area contributed by atoms with Gasteiger partial charge in [-0.1, -0.05) is 18.2 Å². The second kappa shape index (κ2) is 9.19. The number of nitro groups is 1. The van der Waals surface area contributed by atoms with Crippen LogP contribution in [0, 0.1) is 17.0 Å². The number of nitro benzene ring substituents is 1. The van der Waals surface area contributed by atoms with Gasteiger partial charge in [-0.2, -0.15) is 0 Å². The van der Waals surface area contributed by atoms with Crippen LogP contribution < -0.4 is 14.8 Å². The second-order valence-corrected chi connectivity index (χ2v) is 7.09. The third-order valence-corrected chi connectivity index (χ3v) is 5.03. The first-order valence-electron chi connectivity index (χ1n) is 8.83. The Hall–Kier alpha value is -3.72. The number of benzene rings is 2. The largest absolute Gasteiger partial charge is 0.493 e. The Morgan fingerprint density at radius 3 is 2.63 bits per heavy atom. The van der Waals surface area contributed by atoms with Gasteiger partial charge in [0.2, 0.25) is 5.91 Å². The number of ether oxygens (including phenoxy) is 2. The molecule has 0 aliphatic rings. The molecule has 3 rings (SSSR count). The molecule has 2 aromatic carbocycles. The van der Waals surface area contributed by atoms with Gasteiger partial charge in [-0.3, -0.25) is 20.2 Å². The smallest absolute Gasteiger partial charge is 0.272 e. The van der Waals surface area contributed by atoms with E-state index in [-0.39, 0.29) is 11.6 Å². The molecule has 0 atom stereocenters. The fourth-order valence-corrected chi connectivity index (χ4v) is 3.43. The van der Waals surface area contributed by atoms with E-state index in [4.69, 9.17) is 9.47 Å². The Bertz CT molecular complexity index is 1120. The number of hydrogen-bond donors (Lipinski definition) is 1. The molecule has 0 fully saturated rings. The van der Waals surface area contributed by atoms with Crippen LogP contribution in [0.2, 0.25) is 0 Å². The summed E-state index contributed by atoms with van der Waals surface area (Å²) < 4.78 is 10.4. The quantitative estimate of drug-likeness (QED) is 0.334. The van der Waals surface area contributed by atoms with Crippen molar-refractivity contribution in [3.63, 3.8) is 0 Å². The molecule has 9 heteroatoms. The third kappa shape index (κ3) is 4.81. The van der Waals surface area contributed by atoms with Crippen molar-refractivity contribution in [1.82, 2.24) is 4.98 Å². The van der Waals surface area contributed by atoms with E-state index in [1.807, 2.05) is 0 Å². The Morgan fingerprint density at radius 2 is 1.93 bits per heavy atom. The van der Waals surface area contributed by atoms with Crippen LogP contribution in [0.1, 0.15) is 11.1 Å². The molecule has 1 amide bonds. The zero-order chi connectivity index (χ0) is 21.7. The first-order valence-corrected chi connectivity index (χ1v) is 9.71. The van der Waals surface area contributed by atoms with E-state index in [2.05, 4.69) is 10.3 Å². The molecule has 0 unspecified atom stereocenters. The van der Waals surface area contributed by atoms with Gasteiger partial charge in [0, 0.05) is 28.6 Å². The zero-order valence-electron chi connectivity index (χ0n) is 16.5. The predicted molar refractivity (Wildman–Crippen MR) is 116 cm³/mol. The summed E-state index contributed by atoms with van der Waals surface area (Å²) in [6, 6.07) is 10.2. The van der Waals surface area contributed by atoms with E-state index in [9.17, 15) is 14.9 Å². The predicted octanol–water partition coefficient (Wildman–Crippen LogP) is 4.70. The highest BCUT2D eigenvalue weighted by Crippen LogP contribution is 2.30. The number of methoxy groups -OCH3 is 2. The highest BCUT2D eigenvalue weighted by atomic mass is 32.1. The maximum atomic E-state index is 12.2. The van der Waals surface area contributed by atoms with E-state index < -0.39 is 4.92 Å². The zero-order valence-corrected chi connectivity index (χ0v) is 17.4. The average molecular weight is 425 g/mol. The Labute approximate surface area is 176 Å². The van der Waals surface area contributed by atoms with Gasteiger partial charge in [-0.15, -0.1) is 11.3 Å². The molecular weight excluding hydrogens is 406 g/mol. The van der Waals surface area contributed by atoms with Gasteiger partial charge in [0.25, 0.3) is 5.69 Å². The Morgan fingerprint density at radius 1 is 1.17 bits per heavy atom. The average Bonchev–Trinajstić information content (AvgIpc) is 3.20. The van der Waals surface area contributed by atoms with E-state index in [1.165, 1.54) is 23.5 Å². The van der Waals surface area contributed by atoms with Gasteiger partial charge in [0.1, 0.15) is 0 Å². The van der Waals surface area contributed by atoms with Crippen molar-refractivity contribution < 1.29 is 19.2 Å². The number of nitrogens with zero attached hydrogens (tertiary/aromatic N) is 2. The lowest BCUT2D eigenvalue weighted by Crippen LogP contribution is -2.07. The maximum Gasteiger partial charge on any atom is 0.272 e. The highest BCUT2D eigenvalue weighted by Gasteiger charge is 2.14. The summed E-state index contributed by atoms with van der Waals surface area (Å²) >= 11 is 1.24. The topological polar surface area (TPSA) is 104 Å². The standard InChI is InChI=1S/C21H19N3O5S/c1-13-4-7-15(11-17(13)24(26)27)16-12-30-21(22-16)23-20(25)9-6-14-5-8-18(28-2)19(10-14)29-3/h4-12H,1-3H3,(H,22,23,25)/b9-6+. The molecule has 0 saturated carbocycles. The Balaban J connectivity index is 1.70. The van der Waals surface area contributed by atoms with Gasteiger partial charge in [-0.05, 0) is 30.7 Å². The van der Waals surface area contributed by atoms with Crippen LogP contribution >= 0.6 is 11.3 Å². The van der Waals surface area contributed by atoms with Crippen LogP contribution in [0.4, 0.5) is 10.8 Å². The van der Waals surface area contributed by atoms with Crippen molar-refractivity contribution in [1.29, 1.82) is 0 Å². The van der Waals surface area contributed by atoms with Crippen LogP contribution in [0.3, 0.4) is 0 Å². The molecule has 1 heterocycles. The number of aryl methyl sites for hydroxylation is 1. The summed E-state index contributed by atoms with van der Waals surface area (Å²) in [5.74, 6) is 0.822. The summed E-state index contributed by atoms with van der Waals surface area (Å²) in [7, 11) is 3.10. The summed E-state index contributed by atoms with van der Waals surface area (Å²) in [5, 5.41) is 16.0. The van der Waals surface area contributed by atoms with Gasteiger partial charge < -0.3 is 9.47 Å². The number of amides is 1. The van der Waals surface area contributed by atoms with E-state index in [1.54, 1.807) is 62.9 Å². The molecule has 0 spiro atoms. The molecule has 8 nitrogen and oxygen atoms in total. The van der Waals surface area contributed by atoms with Crippen LogP contribution in [-0.2, 0) is 4.79 Å². The fourth-order valence-electron chi connectivity index (χ4n) is 2.70. The summed E-state index contributed by atoms with van der Waals surface area (Å²) in [5.41, 5.74) is 2.55. The number of thiazole rings is 1. The molecule has 0 bridgehead atoms. The summed E-state index contributed by atoms with van der Waals surface area (Å²) in [6.07, 6.45) is 3.04. The first-order chi connectivity index (χ1) is 14.4. The number of carbonyl (C=O) groups excluding carboxylic acids is 1. The molecule has 0 aliphatic carbocycles. The molecular formula is C21H19N3O5S. The van der Waals surface area contributed by atoms with Crippen molar-refractivity contribution in [3.05, 3.63) is 69.1 Å². The molecule has 30 heavy (non-hydrogen) atoms. The normalized spacial score (nSPS) is 10.8. The fraction of sp³-hybridized carbons (Fsp3) is 0.143.